The lowest BCUT2D eigenvalue weighted by molar-refractivity contribution is -0.276. The number of aliphatic hydroxyl groups excluding tert-OH is 1. The van der Waals surface area contributed by atoms with E-state index < -0.39 is 6.29 Å². The standard InChI is InChI=1S/C41H49N3O4/c1-30-38(28-44-24-10-3-2-4-11-25-44)47-40(48-39(30)34-18-16-32(29-45)17-19-34)35-22-20-33(21-23-35)37-15-9-8-14-36(37)27-43-41(46)42-26-31-12-6-5-7-13-31/h5-9,12-23,30,38-40,45H,2-4,10-11,24-29H2,1H3,(H2,42,43,46)/t30-,38+,39+,40+/m1/s1. The Morgan fingerprint density at radius 3 is 2.10 bits per heavy atom. The fraction of sp³-hybridized carbons (Fsp3) is 0.390. The number of urea groups is 1. The van der Waals surface area contributed by atoms with Crippen molar-refractivity contribution >= 4 is 6.03 Å². The molecule has 2 amide bonds. The molecular formula is C41H49N3O4. The summed E-state index contributed by atoms with van der Waals surface area (Å²) in [5, 5.41) is 15.6. The van der Waals surface area contributed by atoms with Gasteiger partial charge in [0.05, 0.1) is 18.8 Å². The molecule has 0 saturated carbocycles. The zero-order chi connectivity index (χ0) is 33.1. The Labute approximate surface area is 285 Å². The summed E-state index contributed by atoms with van der Waals surface area (Å²) in [6, 6.07) is 34.4. The molecule has 4 aromatic rings. The summed E-state index contributed by atoms with van der Waals surface area (Å²) in [5.74, 6) is 0.162. The zero-order valence-electron chi connectivity index (χ0n) is 28.0. The van der Waals surface area contributed by atoms with Crippen LogP contribution < -0.4 is 10.6 Å². The van der Waals surface area contributed by atoms with Gasteiger partial charge in [-0.25, -0.2) is 4.79 Å². The van der Waals surface area contributed by atoms with Crippen molar-refractivity contribution in [2.45, 2.75) is 77.2 Å². The van der Waals surface area contributed by atoms with E-state index in [-0.39, 0.29) is 30.8 Å². The maximum atomic E-state index is 12.6. The predicted molar refractivity (Wildman–Crippen MR) is 190 cm³/mol. The van der Waals surface area contributed by atoms with Gasteiger partial charge in [-0.2, -0.15) is 0 Å². The maximum absolute atomic E-state index is 12.6. The number of hydrogen-bond acceptors (Lipinski definition) is 5. The lowest BCUT2D eigenvalue weighted by atomic mass is 9.89. The van der Waals surface area contributed by atoms with Crippen LogP contribution in [0, 0.1) is 5.92 Å². The van der Waals surface area contributed by atoms with Gasteiger partial charge in [0.15, 0.2) is 6.29 Å². The highest BCUT2D eigenvalue weighted by Crippen LogP contribution is 2.42. The summed E-state index contributed by atoms with van der Waals surface area (Å²) in [6.07, 6.45) is 5.82. The van der Waals surface area contributed by atoms with Crippen molar-refractivity contribution in [2.75, 3.05) is 19.6 Å². The van der Waals surface area contributed by atoms with Crippen LogP contribution in [-0.4, -0.2) is 41.8 Å². The summed E-state index contributed by atoms with van der Waals surface area (Å²) < 4.78 is 13.5. The molecular weight excluding hydrogens is 598 g/mol. The highest BCUT2D eigenvalue weighted by Gasteiger charge is 2.39. The van der Waals surface area contributed by atoms with Crippen LogP contribution in [0.4, 0.5) is 4.79 Å². The molecule has 2 aliphatic heterocycles. The van der Waals surface area contributed by atoms with Gasteiger partial charge in [-0.15, -0.1) is 0 Å². The van der Waals surface area contributed by atoms with Crippen LogP contribution >= 0.6 is 0 Å². The number of likely N-dealkylation sites (tertiary alicyclic amines) is 1. The number of carbonyl (C=O) groups excluding carboxylic acids is 1. The fourth-order valence-electron chi connectivity index (χ4n) is 6.87. The van der Waals surface area contributed by atoms with Crippen LogP contribution in [0.3, 0.4) is 0 Å². The van der Waals surface area contributed by atoms with E-state index in [2.05, 4.69) is 71.0 Å². The quantitative estimate of drug-likeness (QED) is 0.163. The largest absolute Gasteiger partial charge is 0.392 e. The van der Waals surface area contributed by atoms with Crippen LogP contribution in [0.5, 0.6) is 0 Å². The SMILES string of the molecule is C[C@@H]1[C@H](CN2CCCCCCC2)O[C@H](c2ccc(-c3ccccc3CNC(=O)NCc3ccccc3)cc2)O[C@@H]1c1ccc(CO)cc1. The first-order valence-electron chi connectivity index (χ1n) is 17.5. The summed E-state index contributed by atoms with van der Waals surface area (Å²) in [6.45, 7) is 6.29. The topological polar surface area (TPSA) is 83.1 Å². The molecule has 6 rings (SSSR count). The normalized spacial score (nSPS) is 22.0. The minimum atomic E-state index is -0.497. The van der Waals surface area contributed by atoms with E-state index in [9.17, 15) is 9.90 Å². The van der Waals surface area contributed by atoms with Gasteiger partial charge in [-0.3, -0.25) is 0 Å². The van der Waals surface area contributed by atoms with E-state index in [1.165, 1.54) is 32.1 Å². The average Bonchev–Trinajstić information content (AvgIpc) is 3.12. The number of nitrogens with zero attached hydrogens (tertiary/aromatic N) is 1. The van der Waals surface area contributed by atoms with E-state index in [1.54, 1.807) is 0 Å². The molecule has 0 radical (unpaired) electrons. The number of aliphatic hydroxyl groups is 1. The van der Waals surface area contributed by atoms with Crippen LogP contribution in [0.1, 0.15) is 79.2 Å². The highest BCUT2D eigenvalue weighted by atomic mass is 16.7. The van der Waals surface area contributed by atoms with E-state index >= 15 is 0 Å². The molecule has 2 fully saturated rings. The summed E-state index contributed by atoms with van der Waals surface area (Å²) in [4.78, 5) is 15.1. The molecule has 0 aromatic heterocycles. The second-order valence-corrected chi connectivity index (χ2v) is 13.2. The van der Waals surface area contributed by atoms with Crippen LogP contribution in [0.15, 0.2) is 103 Å². The molecule has 2 aliphatic rings. The van der Waals surface area contributed by atoms with E-state index in [4.69, 9.17) is 9.47 Å². The minimum Gasteiger partial charge on any atom is -0.392 e. The molecule has 2 saturated heterocycles. The fourth-order valence-corrected chi connectivity index (χ4v) is 6.87. The molecule has 0 aliphatic carbocycles. The van der Waals surface area contributed by atoms with Gasteiger partial charge >= 0.3 is 6.03 Å². The Morgan fingerprint density at radius 1 is 0.729 bits per heavy atom. The summed E-state index contributed by atoms with van der Waals surface area (Å²) in [5.41, 5.74) is 7.22. The number of carbonyl (C=O) groups is 1. The van der Waals surface area contributed by atoms with E-state index in [1.807, 2.05) is 54.6 Å². The number of ether oxygens (including phenoxy) is 2. The number of benzene rings is 4. The third kappa shape index (κ3) is 8.91. The first kappa shape index (κ1) is 33.9. The van der Waals surface area contributed by atoms with Gasteiger partial charge in [0.2, 0.25) is 0 Å². The number of nitrogens with one attached hydrogen (secondary N) is 2. The summed E-state index contributed by atoms with van der Waals surface area (Å²) >= 11 is 0. The average molecular weight is 648 g/mol. The third-order valence-electron chi connectivity index (χ3n) is 9.76. The third-order valence-corrected chi connectivity index (χ3v) is 9.76. The van der Waals surface area contributed by atoms with Crippen molar-refractivity contribution in [3.63, 3.8) is 0 Å². The highest BCUT2D eigenvalue weighted by molar-refractivity contribution is 5.75. The second kappa shape index (κ2) is 16.9. The minimum absolute atomic E-state index is 0.0187. The predicted octanol–water partition coefficient (Wildman–Crippen LogP) is 7.90. The van der Waals surface area contributed by atoms with Crippen molar-refractivity contribution in [2.24, 2.45) is 5.92 Å². The molecule has 7 nitrogen and oxygen atoms in total. The van der Waals surface area contributed by atoms with Crippen LogP contribution in [-0.2, 0) is 29.2 Å². The van der Waals surface area contributed by atoms with Gasteiger partial charge in [-0.05, 0) is 59.3 Å². The van der Waals surface area contributed by atoms with Crippen LogP contribution in [0.25, 0.3) is 11.1 Å². The van der Waals surface area contributed by atoms with Crippen molar-refractivity contribution < 1.29 is 19.4 Å². The van der Waals surface area contributed by atoms with Gasteiger partial charge in [0.1, 0.15) is 0 Å². The maximum Gasteiger partial charge on any atom is 0.315 e. The Hall–Kier alpha value is -4.01. The molecule has 48 heavy (non-hydrogen) atoms. The number of rotatable bonds is 10. The summed E-state index contributed by atoms with van der Waals surface area (Å²) in [7, 11) is 0. The molecule has 0 unspecified atom stereocenters. The van der Waals surface area contributed by atoms with Crippen LogP contribution in [0.2, 0.25) is 0 Å². The van der Waals surface area contributed by atoms with Crippen molar-refractivity contribution in [3.05, 3.63) is 131 Å². The van der Waals surface area contributed by atoms with Crippen molar-refractivity contribution in [1.29, 1.82) is 0 Å². The Bertz CT molecular complexity index is 1570. The lowest BCUT2D eigenvalue weighted by Crippen LogP contribution is -2.45. The molecule has 3 N–H and O–H groups in total. The smallest absolute Gasteiger partial charge is 0.315 e. The lowest BCUT2D eigenvalue weighted by Gasteiger charge is -2.43. The molecule has 4 atom stereocenters. The first-order valence-corrected chi connectivity index (χ1v) is 17.5. The molecule has 252 valence electrons. The van der Waals surface area contributed by atoms with Gasteiger partial charge < -0.3 is 30.1 Å². The van der Waals surface area contributed by atoms with E-state index in [0.717, 1.165) is 58.6 Å². The molecule has 4 aromatic carbocycles. The monoisotopic (exact) mass is 647 g/mol. The Kier molecular flexibility index (Phi) is 11.9. The van der Waals surface area contributed by atoms with E-state index in [0.29, 0.717) is 13.1 Å². The molecule has 2 heterocycles. The van der Waals surface area contributed by atoms with Gasteiger partial charge in [0.25, 0.3) is 0 Å². The molecule has 0 spiro atoms. The molecule has 0 bridgehead atoms. The number of hydrogen-bond donors (Lipinski definition) is 3. The zero-order valence-corrected chi connectivity index (χ0v) is 28.0. The first-order chi connectivity index (χ1) is 23.6. The van der Waals surface area contributed by atoms with Crippen molar-refractivity contribution in [1.82, 2.24) is 15.5 Å². The number of amides is 2. The Morgan fingerprint density at radius 2 is 1.38 bits per heavy atom. The Balaban J connectivity index is 1.16. The van der Waals surface area contributed by atoms with Gasteiger partial charge in [0, 0.05) is 31.1 Å². The van der Waals surface area contributed by atoms with Crippen molar-refractivity contribution in [3.8, 4) is 11.1 Å². The second-order valence-electron chi connectivity index (χ2n) is 13.2. The van der Waals surface area contributed by atoms with Gasteiger partial charge in [-0.1, -0.05) is 129 Å². The molecule has 7 heteroatoms.